The average molecular weight is 337 g/mol. The number of rotatable bonds is 1. The Morgan fingerprint density at radius 3 is 2.71 bits per heavy atom. The molecule has 0 unspecified atom stereocenters. The Kier molecular flexibility index (Phi) is 3.12. The molecule has 3 heteroatoms. The summed E-state index contributed by atoms with van der Waals surface area (Å²) in [5.74, 6) is 0. The summed E-state index contributed by atoms with van der Waals surface area (Å²) in [5, 5.41) is 0. The number of thiophene rings is 1. The van der Waals surface area contributed by atoms with Gasteiger partial charge in [-0.05, 0) is 44.4 Å². The molecule has 3 aromatic rings. The van der Waals surface area contributed by atoms with E-state index in [2.05, 4.69) is 49.1 Å². The van der Waals surface area contributed by atoms with Crippen molar-refractivity contribution in [3.8, 4) is 0 Å². The highest BCUT2D eigenvalue weighted by Gasteiger charge is 2.52. The first-order valence-electron chi connectivity index (χ1n) is 9.08. The molecule has 0 bridgehead atoms. The van der Waals surface area contributed by atoms with Crippen molar-refractivity contribution in [2.24, 2.45) is 0 Å². The van der Waals surface area contributed by atoms with Gasteiger partial charge in [0.1, 0.15) is 0 Å². The molecular weight excluding hydrogens is 314 g/mol. The minimum Gasteiger partial charge on any atom is -0.463 e. The van der Waals surface area contributed by atoms with E-state index >= 15 is 0 Å². The van der Waals surface area contributed by atoms with Crippen molar-refractivity contribution in [2.75, 3.05) is 4.90 Å². The molecule has 124 valence electrons. The number of benzene rings is 1. The zero-order chi connectivity index (χ0) is 16.3. The van der Waals surface area contributed by atoms with Crippen LogP contribution in [0.15, 0.2) is 41.0 Å². The lowest BCUT2D eigenvalue weighted by atomic mass is 9.77. The molecular formula is C21H23NOS. The number of aryl methyl sites for hydroxylation is 1. The van der Waals surface area contributed by atoms with Crippen molar-refractivity contribution >= 4 is 27.3 Å². The lowest BCUT2D eigenvalue weighted by Gasteiger charge is -2.46. The van der Waals surface area contributed by atoms with Crippen LogP contribution >= 0.6 is 11.3 Å². The summed E-state index contributed by atoms with van der Waals surface area (Å²) in [6, 6.07) is 11.4. The Bertz CT molecular complexity index is 900. The van der Waals surface area contributed by atoms with Crippen LogP contribution in [0.3, 0.4) is 0 Å². The molecule has 0 radical (unpaired) electrons. The van der Waals surface area contributed by atoms with Crippen molar-refractivity contribution in [3.63, 3.8) is 0 Å². The maximum Gasteiger partial charge on any atom is 0.150 e. The summed E-state index contributed by atoms with van der Waals surface area (Å²) in [6.07, 6.45) is 8.33. The van der Waals surface area contributed by atoms with Gasteiger partial charge in [-0.25, -0.2) is 0 Å². The second-order valence-electron chi connectivity index (χ2n) is 7.38. The summed E-state index contributed by atoms with van der Waals surface area (Å²) < 4.78 is 7.30. The van der Waals surface area contributed by atoms with Crippen LogP contribution in [0.5, 0.6) is 0 Å². The largest absolute Gasteiger partial charge is 0.463 e. The van der Waals surface area contributed by atoms with Crippen LogP contribution in [0.25, 0.3) is 10.3 Å². The molecule has 1 aromatic carbocycles. The molecule has 24 heavy (non-hydrogen) atoms. The van der Waals surface area contributed by atoms with Crippen molar-refractivity contribution in [3.05, 3.63) is 52.6 Å². The number of nitrogens with zero attached hydrogens (tertiary/aromatic N) is 1. The van der Waals surface area contributed by atoms with Gasteiger partial charge in [0.25, 0.3) is 0 Å². The zero-order valence-electron chi connectivity index (χ0n) is 14.3. The zero-order valence-corrected chi connectivity index (χ0v) is 15.2. The smallest absolute Gasteiger partial charge is 0.150 e. The maximum absolute atomic E-state index is 5.97. The third-order valence-corrected chi connectivity index (χ3v) is 7.38. The van der Waals surface area contributed by atoms with Gasteiger partial charge < -0.3 is 9.32 Å². The predicted octanol–water partition coefficient (Wildman–Crippen LogP) is 6.54. The topological polar surface area (TPSA) is 16.4 Å². The second kappa shape index (κ2) is 5.13. The van der Waals surface area contributed by atoms with E-state index in [4.69, 9.17) is 4.42 Å². The highest BCUT2D eigenvalue weighted by molar-refractivity contribution is 7.19. The minimum absolute atomic E-state index is 0.120. The molecule has 1 aliphatic carbocycles. The summed E-state index contributed by atoms with van der Waals surface area (Å²) in [4.78, 5) is 4.25. The number of furan rings is 1. The third kappa shape index (κ3) is 1.76. The van der Waals surface area contributed by atoms with E-state index in [0.717, 1.165) is 5.58 Å². The predicted molar refractivity (Wildman–Crippen MR) is 101 cm³/mol. The fourth-order valence-electron chi connectivity index (χ4n) is 5.09. The Morgan fingerprint density at radius 2 is 1.92 bits per heavy atom. The Labute approximate surface area is 147 Å². The van der Waals surface area contributed by atoms with Gasteiger partial charge in [0, 0.05) is 16.1 Å². The molecule has 2 nitrogen and oxygen atoms in total. The minimum atomic E-state index is 0.120. The van der Waals surface area contributed by atoms with Crippen molar-refractivity contribution in [2.45, 2.75) is 57.5 Å². The summed E-state index contributed by atoms with van der Waals surface area (Å²) >= 11 is 1.94. The molecule has 0 amide bonds. The normalized spacial score (nSPS) is 22.4. The fourth-order valence-corrected chi connectivity index (χ4v) is 6.35. The molecule has 0 N–H and O–H groups in total. The van der Waals surface area contributed by atoms with E-state index in [-0.39, 0.29) is 5.54 Å². The highest BCUT2D eigenvalue weighted by Crippen LogP contribution is 2.59. The molecule has 1 atom stereocenters. The van der Waals surface area contributed by atoms with Crippen LogP contribution in [-0.4, -0.2) is 0 Å². The van der Waals surface area contributed by atoms with E-state index in [9.17, 15) is 0 Å². The van der Waals surface area contributed by atoms with Gasteiger partial charge in [-0.1, -0.05) is 37.5 Å². The first kappa shape index (κ1) is 14.6. The van der Waals surface area contributed by atoms with E-state index < -0.39 is 0 Å². The lowest BCUT2D eigenvalue weighted by Crippen LogP contribution is -2.44. The van der Waals surface area contributed by atoms with Gasteiger partial charge in [-0.15, -0.1) is 11.3 Å². The van der Waals surface area contributed by atoms with Gasteiger partial charge in [0.2, 0.25) is 0 Å². The van der Waals surface area contributed by atoms with Gasteiger partial charge in [-0.3, -0.25) is 0 Å². The molecule has 5 rings (SSSR count). The Balaban J connectivity index is 1.78. The fraction of sp³-hybridized carbons (Fsp3) is 0.429. The highest BCUT2D eigenvalue weighted by atomic mass is 32.1. The van der Waals surface area contributed by atoms with E-state index in [1.54, 1.807) is 0 Å². The average Bonchev–Trinajstić information content (AvgIpc) is 3.22. The van der Waals surface area contributed by atoms with Gasteiger partial charge in [0.05, 0.1) is 22.5 Å². The molecule has 1 spiro atoms. The van der Waals surface area contributed by atoms with Crippen LogP contribution in [0.1, 0.15) is 61.1 Å². The Hall–Kier alpha value is -1.74. The van der Waals surface area contributed by atoms with Crippen LogP contribution in [0.4, 0.5) is 5.69 Å². The summed E-state index contributed by atoms with van der Waals surface area (Å²) in [6.45, 7) is 4.62. The lowest BCUT2D eigenvalue weighted by molar-refractivity contribution is 0.283. The quantitative estimate of drug-likeness (QED) is 0.501. The number of para-hydroxylation sites is 1. The molecule has 1 fully saturated rings. The molecule has 2 aromatic heterocycles. The van der Waals surface area contributed by atoms with Crippen molar-refractivity contribution < 1.29 is 4.42 Å². The van der Waals surface area contributed by atoms with Gasteiger partial charge >= 0.3 is 0 Å². The van der Waals surface area contributed by atoms with Crippen LogP contribution in [-0.2, 0) is 5.54 Å². The van der Waals surface area contributed by atoms with Crippen LogP contribution in [0.2, 0.25) is 0 Å². The Morgan fingerprint density at radius 1 is 1.12 bits per heavy atom. The van der Waals surface area contributed by atoms with E-state index in [0.29, 0.717) is 6.04 Å². The number of anilines is 1. The van der Waals surface area contributed by atoms with E-state index in [1.165, 1.54) is 58.5 Å². The number of hydrogen-bond acceptors (Lipinski definition) is 3. The first-order chi connectivity index (χ1) is 11.7. The standard InChI is InChI=1S/C21H23NOS/c1-14-8-4-5-9-16(14)22-15(2)20-18(19-17(24-20)10-13-23-19)21(22)11-6-3-7-12-21/h4-5,8-10,13,15H,3,6-7,11-12H2,1-2H3/t15-/m0/s1. The number of fused-ring (bicyclic) bond motifs is 4. The second-order valence-corrected chi connectivity index (χ2v) is 8.46. The summed E-state index contributed by atoms with van der Waals surface area (Å²) in [5.41, 5.74) is 5.55. The third-order valence-electron chi connectivity index (χ3n) is 6.07. The molecule has 0 saturated heterocycles. The van der Waals surface area contributed by atoms with Crippen LogP contribution < -0.4 is 4.90 Å². The van der Waals surface area contributed by atoms with Crippen molar-refractivity contribution in [1.82, 2.24) is 0 Å². The maximum atomic E-state index is 5.97. The van der Waals surface area contributed by atoms with Crippen molar-refractivity contribution in [1.29, 1.82) is 0 Å². The first-order valence-corrected chi connectivity index (χ1v) is 9.89. The van der Waals surface area contributed by atoms with Gasteiger partial charge in [-0.2, -0.15) is 0 Å². The van der Waals surface area contributed by atoms with Gasteiger partial charge in [0.15, 0.2) is 5.58 Å². The monoisotopic (exact) mass is 337 g/mol. The van der Waals surface area contributed by atoms with Crippen LogP contribution in [0, 0.1) is 6.92 Å². The SMILES string of the molecule is Cc1ccccc1N1[C@@H](C)c2sc3ccoc3c2C12CCCCC2. The molecule has 3 heterocycles. The number of hydrogen-bond donors (Lipinski definition) is 0. The van der Waals surface area contributed by atoms with E-state index in [1.807, 2.05) is 17.6 Å². The summed E-state index contributed by atoms with van der Waals surface area (Å²) in [7, 11) is 0. The molecule has 1 saturated carbocycles. The molecule has 2 aliphatic rings. The molecule has 1 aliphatic heterocycles.